The predicted molar refractivity (Wildman–Crippen MR) is 51.0 cm³/mol. The standard InChI is InChI=1S/C9H12N2O4/c12-7-6-11(5-1-4-10-7)8(13)2-3-9(14)15/h2-3H,1,4-6H2,(H,10,12)(H,14,15)/b3-2+. The van der Waals surface area contributed by atoms with Gasteiger partial charge in [0.1, 0.15) is 0 Å². The van der Waals surface area contributed by atoms with Gasteiger partial charge in [0.05, 0.1) is 6.54 Å². The number of carbonyl (C=O) groups excluding carboxylic acids is 2. The number of carboxylic acids is 1. The van der Waals surface area contributed by atoms with E-state index < -0.39 is 11.9 Å². The van der Waals surface area contributed by atoms with Crippen LogP contribution in [-0.2, 0) is 14.4 Å². The maximum Gasteiger partial charge on any atom is 0.328 e. The molecule has 0 aliphatic carbocycles. The van der Waals surface area contributed by atoms with Gasteiger partial charge in [0, 0.05) is 25.2 Å². The largest absolute Gasteiger partial charge is 0.478 e. The van der Waals surface area contributed by atoms with Crippen LogP contribution in [0.15, 0.2) is 12.2 Å². The van der Waals surface area contributed by atoms with Crippen LogP contribution in [0.25, 0.3) is 0 Å². The van der Waals surface area contributed by atoms with Crippen molar-refractivity contribution in [3.05, 3.63) is 12.2 Å². The lowest BCUT2D eigenvalue weighted by Gasteiger charge is -2.16. The molecule has 0 aromatic rings. The van der Waals surface area contributed by atoms with Gasteiger partial charge in [-0.15, -0.1) is 0 Å². The lowest BCUT2D eigenvalue weighted by molar-refractivity contribution is -0.133. The van der Waals surface area contributed by atoms with E-state index >= 15 is 0 Å². The van der Waals surface area contributed by atoms with E-state index in [9.17, 15) is 14.4 Å². The third-order valence-electron chi connectivity index (χ3n) is 1.94. The number of carboxylic acid groups (broad SMARTS) is 1. The van der Waals surface area contributed by atoms with Crippen molar-refractivity contribution in [2.24, 2.45) is 0 Å². The molecule has 0 spiro atoms. The van der Waals surface area contributed by atoms with Gasteiger partial charge in [-0.25, -0.2) is 4.79 Å². The van der Waals surface area contributed by atoms with Crippen molar-refractivity contribution >= 4 is 17.8 Å². The zero-order chi connectivity index (χ0) is 11.3. The minimum atomic E-state index is -1.18. The van der Waals surface area contributed by atoms with E-state index in [2.05, 4.69) is 5.32 Å². The molecule has 0 aromatic carbocycles. The van der Waals surface area contributed by atoms with E-state index in [1.165, 1.54) is 4.90 Å². The topological polar surface area (TPSA) is 86.7 Å². The fourth-order valence-corrected chi connectivity index (χ4v) is 1.24. The maximum absolute atomic E-state index is 11.4. The minimum absolute atomic E-state index is 0.0111. The molecule has 1 aliphatic heterocycles. The first-order valence-electron chi connectivity index (χ1n) is 4.56. The second kappa shape index (κ2) is 5.14. The van der Waals surface area contributed by atoms with Crippen LogP contribution < -0.4 is 5.32 Å². The molecule has 6 nitrogen and oxygen atoms in total. The summed E-state index contributed by atoms with van der Waals surface area (Å²) in [5, 5.41) is 11.0. The van der Waals surface area contributed by atoms with E-state index in [-0.39, 0.29) is 12.5 Å². The van der Waals surface area contributed by atoms with Crippen molar-refractivity contribution in [2.75, 3.05) is 19.6 Å². The van der Waals surface area contributed by atoms with Crippen LogP contribution in [0.5, 0.6) is 0 Å². The average molecular weight is 212 g/mol. The van der Waals surface area contributed by atoms with Gasteiger partial charge in [-0.3, -0.25) is 9.59 Å². The van der Waals surface area contributed by atoms with E-state index in [0.717, 1.165) is 12.2 Å². The Hall–Kier alpha value is -1.85. The predicted octanol–water partition coefficient (Wildman–Crippen LogP) is -1.02. The Balaban J connectivity index is 2.57. The summed E-state index contributed by atoms with van der Waals surface area (Å²) in [5.74, 6) is -1.85. The number of aliphatic carboxylic acids is 1. The molecular formula is C9H12N2O4. The normalized spacial score (nSPS) is 17.3. The average Bonchev–Trinajstić information content (AvgIpc) is 2.39. The molecule has 1 heterocycles. The Morgan fingerprint density at radius 3 is 2.80 bits per heavy atom. The van der Waals surface area contributed by atoms with Gasteiger partial charge in [0.15, 0.2) is 0 Å². The number of nitrogens with zero attached hydrogens (tertiary/aromatic N) is 1. The number of hydrogen-bond acceptors (Lipinski definition) is 3. The summed E-state index contributed by atoms with van der Waals surface area (Å²) in [6.07, 6.45) is 2.41. The van der Waals surface area contributed by atoms with Gasteiger partial charge in [0.2, 0.25) is 11.8 Å². The highest BCUT2D eigenvalue weighted by molar-refractivity contribution is 5.95. The van der Waals surface area contributed by atoms with E-state index in [1.54, 1.807) is 0 Å². The number of nitrogens with one attached hydrogen (secondary N) is 1. The Bertz CT molecular complexity index is 311. The molecule has 0 unspecified atom stereocenters. The van der Waals surface area contributed by atoms with Crippen molar-refractivity contribution in [2.45, 2.75) is 6.42 Å². The summed E-state index contributed by atoms with van der Waals surface area (Å²) in [6.45, 7) is 0.996. The fraction of sp³-hybridized carbons (Fsp3) is 0.444. The van der Waals surface area contributed by atoms with E-state index in [4.69, 9.17) is 5.11 Å². The first-order chi connectivity index (χ1) is 7.09. The number of amides is 2. The second-order valence-electron chi connectivity index (χ2n) is 3.13. The minimum Gasteiger partial charge on any atom is -0.478 e. The van der Waals surface area contributed by atoms with Crippen LogP contribution in [-0.4, -0.2) is 47.4 Å². The van der Waals surface area contributed by atoms with Crippen molar-refractivity contribution in [1.82, 2.24) is 10.2 Å². The summed E-state index contributed by atoms with van der Waals surface area (Å²) >= 11 is 0. The first kappa shape index (κ1) is 11.2. The Kier molecular flexibility index (Phi) is 3.84. The number of rotatable bonds is 2. The van der Waals surface area contributed by atoms with Gasteiger partial charge in [0.25, 0.3) is 0 Å². The van der Waals surface area contributed by atoms with Crippen LogP contribution in [0.4, 0.5) is 0 Å². The highest BCUT2D eigenvalue weighted by atomic mass is 16.4. The molecule has 2 amide bonds. The van der Waals surface area contributed by atoms with Crippen LogP contribution in [0.1, 0.15) is 6.42 Å². The van der Waals surface area contributed by atoms with Crippen LogP contribution >= 0.6 is 0 Å². The lowest BCUT2D eigenvalue weighted by Crippen LogP contribution is -2.36. The Morgan fingerprint density at radius 2 is 2.13 bits per heavy atom. The zero-order valence-electron chi connectivity index (χ0n) is 8.10. The van der Waals surface area contributed by atoms with Crippen molar-refractivity contribution in [3.63, 3.8) is 0 Å². The van der Waals surface area contributed by atoms with Crippen molar-refractivity contribution < 1.29 is 19.5 Å². The highest BCUT2D eigenvalue weighted by Crippen LogP contribution is 1.97. The Morgan fingerprint density at radius 1 is 1.40 bits per heavy atom. The molecule has 0 radical (unpaired) electrons. The molecular weight excluding hydrogens is 200 g/mol. The van der Waals surface area contributed by atoms with Gasteiger partial charge < -0.3 is 15.3 Å². The summed E-state index contributed by atoms with van der Waals surface area (Å²) in [6, 6.07) is 0. The molecule has 1 aliphatic rings. The van der Waals surface area contributed by atoms with Gasteiger partial charge >= 0.3 is 5.97 Å². The molecule has 0 atom stereocenters. The SMILES string of the molecule is O=C(O)/C=C/C(=O)N1CCCNC(=O)C1. The second-order valence-corrected chi connectivity index (χ2v) is 3.13. The quantitative estimate of drug-likeness (QED) is 0.573. The molecule has 0 saturated carbocycles. The van der Waals surface area contributed by atoms with Crippen LogP contribution in [0.3, 0.4) is 0 Å². The first-order valence-corrected chi connectivity index (χ1v) is 4.56. The van der Waals surface area contributed by atoms with E-state index in [1.807, 2.05) is 0 Å². The molecule has 6 heteroatoms. The molecule has 0 bridgehead atoms. The number of carbonyl (C=O) groups is 3. The molecule has 1 fully saturated rings. The number of hydrogen-bond donors (Lipinski definition) is 2. The Labute approximate surface area is 86.6 Å². The van der Waals surface area contributed by atoms with Crippen molar-refractivity contribution in [1.29, 1.82) is 0 Å². The van der Waals surface area contributed by atoms with Crippen LogP contribution in [0, 0.1) is 0 Å². The molecule has 82 valence electrons. The molecule has 1 saturated heterocycles. The summed E-state index contributed by atoms with van der Waals surface area (Å²) in [7, 11) is 0. The third kappa shape index (κ3) is 3.80. The molecule has 0 aromatic heterocycles. The monoisotopic (exact) mass is 212 g/mol. The molecule has 15 heavy (non-hydrogen) atoms. The van der Waals surface area contributed by atoms with Gasteiger partial charge in [-0.1, -0.05) is 0 Å². The molecule has 2 N–H and O–H groups in total. The van der Waals surface area contributed by atoms with Gasteiger partial charge in [-0.05, 0) is 6.42 Å². The lowest BCUT2D eigenvalue weighted by atomic mass is 10.3. The maximum atomic E-state index is 11.4. The highest BCUT2D eigenvalue weighted by Gasteiger charge is 2.17. The summed E-state index contributed by atoms with van der Waals surface area (Å²) < 4.78 is 0. The smallest absolute Gasteiger partial charge is 0.328 e. The molecule has 1 rings (SSSR count). The van der Waals surface area contributed by atoms with Crippen molar-refractivity contribution in [3.8, 4) is 0 Å². The van der Waals surface area contributed by atoms with E-state index in [0.29, 0.717) is 19.5 Å². The third-order valence-corrected chi connectivity index (χ3v) is 1.94. The van der Waals surface area contributed by atoms with Crippen LogP contribution in [0.2, 0.25) is 0 Å². The van der Waals surface area contributed by atoms with Gasteiger partial charge in [-0.2, -0.15) is 0 Å². The fourth-order valence-electron chi connectivity index (χ4n) is 1.24. The summed E-state index contributed by atoms with van der Waals surface area (Å²) in [5.41, 5.74) is 0. The summed E-state index contributed by atoms with van der Waals surface area (Å²) in [4.78, 5) is 34.0. The zero-order valence-corrected chi connectivity index (χ0v) is 8.10.